The third-order valence-electron chi connectivity index (χ3n) is 1.52. The second kappa shape index (κ2) is 3.15. The van der Waals surface area contributed by atoms with Crippen LogP contribution >= 0.6 is 0 Å². The van der Waals surface area contributed by atoms with Crippen LogP contribution in [0.25, 0.3) is 0 Å². The lowest BCUT2D eigenvalue weighted by molar-refractivity contribution is -0.136. The molecule has 0 spiro atoms. The van der Waals surface area contributed by atoms with Gasteiger partial charge >= 0.3 is 12.0 Å². The summed E-state index contributed by atoms with van der Waals surface area (Å²) in [6, 6.07) is -0.770. The van der Waals surface area contributed by atoms with E-state index in [0.29, 0.717) is 0 Å². The molecule has 2 N–H and O–H groups in total. The van der Waals surface area contributed by atoms with E-state index < -0.39 is 37.6 Å². The monoisotopic (exact) mass is 194 g/mol. The Bertz CT molecular complexity index is 236. The predicted octanol–water partition coefficient (Wildman–Crippen LogP) is -0.268. The molecule has 1 aliphatic rings. The predicted molar refractivity (Wildman–Crippen MR) is 37.6 cm³/mol. The minimum atomic E-state index is -2.82. The van der Waals surface area contributed by atoms with Crippen molar-refractivity contribution in [1.29, 1.82) is 0 Å². The topological polar surface area (TPSA) is 69.6 Å². The molecule has 1 saturated heterocycles. The number of carbonyl (C=O) groups excluding carboxylic acids is 1. The van der Waals surface area contributed by atoms with Crippen LogP contribution in [-0.4, -0.2) is 47.6 Å². The number of hydrogen-bond donors (Lipinski definition) is 2. The van der Waals surface area contributed by atoms with Crippen LogP contribution in [0.15, 0.2) is 0 Å². The van der Waals surface area contributed by atoms with E-state index in [9.17, 15) is 18.4 Å². The van der Waals surface area contributed by atoms with Crippen LogP contribution in [0, 0.1) is 0 Å². The molecule has 13 heavy (non-hydrogen) atoms. The van der Waals surface area contributed by atoms with Crippen molar-refractivity contribution < 1.29 is 23.5 Å². The van der Waals surface area contributed by atoms with E-state index in [1.165, 1.54) is 0 Å². The number of alkyl halides is 2. The molecule has 5 nitrogen and oxygen atoms in total. The van der Waals surface area contributed by atoms with Gasteiger partial charge in [0.25, 0.3) is 5.92 Å². The summed E-state index contributed by atoms with van der Waals surface area (Å²) in [5, 5.41) is 10.1. The van der Waals surface area contributed by atoms with Gasteiger partial charge in [0.15, 0.2) is 0 Å². The van der Waals surface area contributed by atoms with Gasteiger partial charge in [-0.2, -0.15) is 0 Å². The Morgan fingerprint density at radius 1 is 1.46 bits per heavy atom. The van der Waals surface area contributed by atoms with Crippen LogP contribution < -0.4 is 5.32 Å². The van der Waals surface area contributed by atoms with E-state index >= 15 is 0 Å². The molecular formula is C6H8F2N2O3. The number of likely N-dealkylation sites (tertiary alicyclic amines) is 1. The minimum Gasteiger partial charge on any atom is -0.480 e. The van der Waals surface area contributed by atoms with Crippen molar-refractivity contribution in [3.63, 3.8) is 0 Å². The Morgan fingerprint density at radius 2 is 2.00 bits per heavy atom. The van der Waals surface area contributed by atoms with E-state index in [2.05, 4.69) is 0 Å². The maximum Gasteiger partial charge on any atom is 0.323 e. The average Bonchev–Trinajstić information content (AvgIpc) is 1.95. The molecule has 1 aliphatic heterocycles. The second-order valence-electron chi connectivity index (χ2n) is 2.76. The number of carbonyl (C=O) groups is 2. The number of hydrogen-bond acceptors (Lipinski definition) is 2. The number of nitrogens with zero attached hydrogens (tertiary/aromatic N) is 1. The molecule has 0 aromatic heterocycles. The van der Waals surface area contributed by atoms with Crippen molar-refractivity contribution in [1.82, 2.24) is 10.2 Å². The van der Waals surface area contributed by atoms with E-state index in [1.54, 1.807) is 0 Å². The van der Waals surface area contributed by atoms with Gasteiger partial charge in [-0.15, -0.1) is 0 Å². The van der Waals surface area contributed by atoms with E-state index in [1.807, 2.05) is 5.32 Å². The van der Waals surface area contributed by atoms with Gasteiger partial charge in [0.1, 0.15) is 6.54 Å². The molecule has 0 aromatic carbocycles. The number of carboxylic acid groups (broad SMARTS) is 1. The van der Waals surface area contributed by atoms with Gasteiger partial charge < -0.3 is 15.3 Å². The largest absolute Gasteiger partial charge is 0.480 e. The number of aliphatic carboxylic acids is 1. The Balaban J connectivity index is 2.23. The first-order chi connectivity index (χ1) is 5.91. The van der Waals surface area contributed by atoms with Crippen LogP contribution in [0.1, 0.15) is 0 Å². The fourth-order valence-corrected chi connectivity index (χ4v) is 0.919. The average molecular weight is 194 g/mol. The number of rotatable bonds is 2. The zero-order valence-corrected chi connectivity index (χ0v) is 6.59. The molecule has 0 saturated carbocycles. The number of carboxylic acids is 1. The first-order valence-corrected chi connectivity index (χ1v) is 3.53. The minimum absolute atomic E-state index is 0.555. The van der Waals surface area contributed by atoms with Crippen molar-refractivity contribution in [3.8, 4) is 0 Å². The first-order valence-electron chi connectivity index (χ1n) is 3.53. The van der Waals surface area contributed by atoms with Crippen molar-refractivity contribution >= 4 is 12.0 Å². The quantitative estimate of drug-likeness (QED) is 0.635. The number of halogens is 2. The summed E-state index contributed by atoms with van der Waals surface area (Å²) >= 11 is 0. The van der Waals surface area contributed by atoms with Crippen LogP contribution in [0.2, 0.25) is 0 Å². The number of amides is 2. The van der Waals surface area contributed by atoms with Crippen LogP contribution in [0.3, 0.4) is 0 Å². The normalized spacial score (nSPS) is 19.1. The lowest BCUT2D eigenvalue weighted by Gasteiger charge is -2.38. The molecule has 0 radical (unpaired) electrons. The van der Waals surface area contributed by atoms with Gasteiger partial charge in [-0.1, -0.05) is 0 Å². The number of nitrogens with one attached hydrogen (secondary N) is 1. The third kappa shape index (κ3) is 2.53. The lowest BCUT2D eigenvalue weighted by atomic mass is 10.2. The van der Waals surface area contributed by atoms with Gasteiger partial charge in [0, 0.05) is 0 Å². The zero-order chi connectivity index (χ0) is 10.1. The summed E-state index contributed by atoms with van der Waals surface area (Å²) in [7, 11) is 0. The van der Waals surface area contributed by atoms with E-state index in [4.69, 9.17) is 5.11 Å². The summed E-state index contributed by atoms with van der Waals surface area (Å²) in [5.74, 6) is -4.03. The molecule has 0 aliphatic carbocycles. The van der Waals surface area contributed by atoms with Crippen LogP contribution in [0.4, 0.5) is 13.6 Å². The highest BCUT2D eigenvalue weighted by molar-refractivity contribution is 5.80. The number of urea groups is 1. The van der Waals surface area contributed by atoms with E-state index in [0.717, 1.165) is 4.90 Å². The molecule has 0 atom stereocenters. The molecule has 2 amide bonds. The fourth-order valence-electron chi connectivity index (χ4n) is 0.919. The Morgan fingerprint density at radius 3 is 2.38 bits per heavy atom. The van der Waals surface area contributed by atoms with Crippen LogP contribution in [0.5, 0.6) is 0 Å². The molecule has 1 heterocycles. The van der Waals surface area contributed by atoms with Crippen LogP contribution in [-0.2, 0) is 4.79 Å². The van der Waals surface area contributed by atoms with Crippen molar-refractivity contribution in [2.75, 3.05) is 19.6 Å². The summed E-state index contributed by atoms with van der Waals surface area (Å²) in [6.07, 6.45) is 0. The molecule has 1 rings (SSSR count). The summed E-state index contributed by atoms with van der Waals surface area (Å²) < 4.78 is 24.4. The highest BCUT2D eigenvalue weighted by Gasteiger charge is 2.46. The van der Waals surface area contributed by atoms with Gasteiger partial charge in [0.2, 0.25) is 0 Å². The van der Waals surface area contributed by atoms with Gasteiger partial charge in [0.05, 0.1) is 13.1 Å². The van der Waals surface area contributed by atoms with Gasteiger partial charge in [-0.05, 0) is 0 Å². The highest BCUT2D eigenvalue weighted by atomic mass is 19.3. The Hall–Kier alpha value is -1.40. The zero-order valence-electron chi connectivity index (χ0n) is 6.59. The van der Waals surface area contributed by atoms with Gasteiger partial charge in [-0.25, -0.2) is 13.6 Å². The van der Waals surface area contributed by atoms with Crippen molar-refractivity contribution in [2.24, 2.45) is 0 Å². The standard InChI is InChI=1S/C6H8F2N2O3/c7-6(8)2-10(3-6)5(13)9-1-4(11)12/h1-3H2,(H,9,13)(H,11,12). The summed E-state index contributed by atoms with van der Waals surface area (Å²) in [4.78, 5) is 21.7. The third-order valence-corrected chi connectivity index (χ3v) is 1.52. The van der Waals surface area contributed by atoms with Crippen molar-refractivity contribution in [3.05, 3.63) is 0 Å². The molecule has 0 aromatic rings. The maximum absolute atomic E-state index is 12.2. The van der Waals surface area contributed by atoms with E-state index in [-0.39, 0.29) is 0 Å². The fraction of sp³-hybridized carbons (Fsp3) is 0.667. The molecule has 7 heteroatoms. The maximum atomic E-state index is 12.2. The smallest absolute Gasteiger partial charge is 0.323 e. The summed E-state index contributed by atoms with van der Waals surface area (Å²) in [5.41, 5.74) is 0. The van der Waals surface area contributed by atoms with Gasteiger partial charge in [-0.3, -0.25) is 4.79 Å². The molecule has 1 fully saturated rings. The SMILES string of the molecule is O=C(O)CNC(=O)N1CC(F)(F)C1. The Kier molecular flexibility index (Phi) is 2.35. The molecule has 74 valence electrons. The first kappa shape index (κ1) is 9.69. The Labute approximate surface area is 72.3 Å². The second-order valence-corrected chi connectivity index (χ2v) is 2.76. The summed E-state index contributed by atoms with van der Waals surface area (Å²) in [6.45, 7) is -1.84. The lowest BCUT2D eigenvalue weighted by Crippen LogP contribution is -2.61. The molecule has 0 unspecified atom stereocenters. The molecule has 0 bridgehead atoms. The molecular weight excluding hydrogens is 186 g/mol. The highest BCUT2D eigenvalue weighted by Crippen LogP contribution is 2.26. The van der Waals surface area contributed by atoms with Crippen molar-refractivity contribution in [2.45, 2.75) is 5.92 Å².